The minimum atomic E-state index is 0.592. The summed E-state index contributed by atoms with van der Waals surface area (Å²) in [5.74, 6) is 3.68. The molecule has 0 N–H and O–H groups in total. The Hall–Kier alpha value is -2.70. The van der Waals surface area contributed by atoms with Gasteiger partial charge in [-0.25, -0.2) is 19.5 Å². The summed E-state index contributed by atoms with van der Waals surface area (Å²) in [4.78, 5) is 18.4. The summed E-state index contributed by atoms with van der Waals surface area (Å²) in [6.07, 6.45) is 4.37. The zero-order chi connectivity index (χ0) is 17.7. The third-order valence-electron chi connectivity index (χ3n) is 5.45. The summed E-state index contributed by atoms with van der Waals surface area (Å²) in [6, 6.07) is 6.16. The van der Waals surface area contributed by atoms with Crippen molar-refractivity contribution in [3.8, 4) is 0 Å². The van der Waals surface area contributed by atoms with E-state index < -0.39 is 0 Å². The van der Waals surface area contributed by atoms with Crippen LogP contribution in [0.4, 0.5) is 11.6 Å². The lowest BCUT2D eigenvalue weighted by molar-refractivity contribution is 0.633. The second kappa shape index (κ2) is 5.93. The van der Waals surface area contributed by atoms with Crippen molar-refractivity contribution >= 4 is 17.3 Å². The van der Waals surface area contributed by atoms with E-state index in [1.807, 2.05) is 23.7 Å². The molecule has 2 aliphatic rings. The molecule has 0 spiro atoms. The number of aromatic nitrogens is 5. The first-order valence-electron chi connectivity index (χ1n) is 9.35. The highest BCUT2D eigenvalue weighted by molar-refractivity contribution is 5.50. The van der Waals surface area contributed by atoms with Gasteiger partial charge >= 0.3 is 0 Å². The lowest BCUT2D eigenvalue weighted by Gasteiger charge is -2.36. The van der Waals surface area contributed by atoms with Crippen LogP contribution in [-0.2, 0) is 0 Å². The fraction of sp³-hybridized carbons (Fsp3) is 0.474. The van der Waals surface area contributed by atoms with Crippen LogP contribution < -0.4 is 9.80 Å². The molecule has 3 aromatic rings. The summed E-state index contributed by atoms with van der Waals surface area (Å²) in [5, 5.41) is 4.80. The molecule has 26 heavy (non-hydrogen) atoms. The van der Waals surface area contributed by atoms with Gasteiger partial charge in [-0.05, 0) is 44.9 Å². The van der Waals surface area contributed by atoms with E-state index in [0.29, 0.717) is 5.92 Å². The molecule has 1 aliphatic carbocycles. The Balaban J connectivity index is 1.32. The van der Waals surface area contributed by atoms with Crippen molar-refractivity contribution in [1.29, 1.82) is 0 Å². The van der Waals surface area contributed by atoms with Gasteiger partial charge in [-0.3, -0.25) is 0 Å². The van der Waals surface area contributed by atoms with E-state index in [1.54, 1.807) is 0 Å². The van der Waals surface area contributed by atoms with Crippen LogP contribution in [0.3, 0.4) is 0 Å². The Morgan fingerprint density at radius 3 is 2.35 bits per heavy atom. The van der Waals surface area contributed by atoms with Gasteiger partial charge in [0.15, 0.2) is 5.65 Å². The van der Waals surface area contributed by atoms with Gasteiger partial charge in [0.25, 0.3) is 0 Å². The maximum atomic E-state index is 4.80. The smallest absolute Gasteiger partial charge is 0.154 e. The van der Waals surface area contributed by atoms with Crippen molar-refractivity contribution in [2.24, 2.45) is 0 Å². The van der Waals surface area contributed by atoms with Crippen LogP contribution in [0.15, 0.2) is 24.4 Å². The molecular formula is C19H23N7. The molecule has 0 radical (unpaired) electrons. The number of piperazine rings is 1. The van der Waals surface area contributed by atoms with Crippen LogP contribution in [0.1, 0.15) is 36.0 Å². The largest absolute Gasteiger partial charge is 0.353 e. The van der Waals surface area contributed by atoms with Crippen LogP contribution in [0.2, 0.25) is 0 Å². The van der Waals surface area contributed by atoms with Crippen molar-refractivity contribution in [1.82, 2.24) is 24.6 Å². The fourth-order valence-electron chi connectivity index (χ4n) is 3.56. The summed E-state index contributed by atoms with van der Waals surface area (Å²) in [5.41, 5.74) is 3.06. The molecule has 1 saturated heterocycles. The lowest BCUT2D eigenvalue weighted by atomic mass is 10.3. The molecule has 2 fully saturated rings. The maximum absolute atomic E-state index is 4.80. The van der Waals surface area contributed by atoms with Crippen molar-refractivity contribution in [3.63, 3.8) is 0 Å². The third kappa shape index (κ3) is 2.67. The zero-order valence-electron chi connectivity index (χ0n) is 15.3. The van der Waals surface area contributed by atoms with Crippen molar-refractivity contribution in [2.75, 3.05) is 36.0 Å². The minimum absolute atomic E-state index is 0.592. The highest BCUT2D eigenvalue weighted by Gasteiger charge is 2.27. The summed E-state index contributed by atoms with van der Waals surface area (Å²) >= 11 is 0. The van der Waals surface area contributed by atoms with Crippen LogP contribution >= 0.6 is 0 Å². The first-order chi connectivity index (χ1) is 12.7. The SMILES string of the molecule is Cc1nc2ccc(N3CCN(c4ccnc(C5CC5)n4)CC3)nn2c1C. The van der Waals surface area contributed by atoms with E-state index in [-0.39, 0.29) is 0 Å². The number of rotatable bonds is 3. The monoisotopic (exact) mass is 349 g/mol. The Labute approximate surface area is 152 Å². The average Bonchev–Trinajstić information content (AvgIpc) is 3.49. The Kier molecular flexibility index (Phi) is 3.55. The molecule has 0 amide bonds. The van der Waals surface area contributed by atoms with E-state index in [0.717, 1.165) is 60.7 Å². The predicted octanol–water partition coefficient (Wildman–Crippen LogP) is 2.34. The second-order valence-corrected chi connectivity index (χ2v) is 7.27. The van der Waals surface area contributed by atoms with Gasteiger partial charge in [-0.1, -0.05) is 0 Å². The molecule has 1 saturated carbocycles. The predicted molar refractivity (Wildman–Crippen MR) is 101 cm³/mol. The van der Waals surface area contributed by atoms with Crippen molar-refractivity contribution in [2.45, 2.75) is 32.6 Å². The second-order valence-electron chi connectivity index (χ2n) is 7.27. The van der Waals surface area contributed by atoms with E-state index in [9.17, 15) is 0 Å². The number of nitrogens with zero attached hydrogens (tertiary/aromatic N) is 7. The Morgan fingerprint density at radius 2 is 1.62 bits per heavy atom. The van der Waals surface area contributed by atoms with Gasteiger partial charge in [-0.2, -0.15) is 0 Å². The number of anilines is 2. The fourth-order valence-corrected chi connectivity index (χ4v) is 3.56. The van der Waals surface area contributed by atoms with E-state index >= 15 is 0 Å². The van der Waals surface area contributed by atoms with Gasteiger partial charge in [0.05, 0.1) is 11.4 Å². The van der Waals surface area contributed by atoms with Gasteiger partial charge in [0.2, 0.25) is 0 Å². The molecule has 3 aromatic heterocycles. The summed E-state index contributed by atoms with van der Waals surface area (Å²) < 4.78 is 1.95. The van der Waals surface area contributed by atoms with Crippen molar-refractivity contribution in [3.05, 3.63) is 41.6 Å². The number of hydrogen-bond acceptors (Lipinski definition) is 6. The molecule has 7 heteroatoms. The normalized spacial score (nSPS) is 17.9. The van der Waals surface area contributed by atoms with Gasteiger partial charge < -0.3 is 9.80 Å². The highest BCUT2D eigenvalue weighted by Crippen LogP contribution is 2.38. The molecular weight excluding hydrogens is 326 g/mol. The number of hydrogen-bond donors (Lipinski definition) is 0. The molecule has 0 aromatic carbocycles. The van der Waals surface area contributed by atoms with Gasteiger partial charge in [-0.15, -0.1) is 5.10 Å². The first kappa shape index (κ1) is 15.5. The molecule has 0 atom stereocenters. The van der Waals surface area contributed by atoms with Gasteiger partial charge in [0, 0.05) is 38.3 Å². The Morgan fingerprint density at radius 1 is 0.885 bits per heavy atom. The molecule has 0 unspecified atom stereocenters. The maximum Gasteiger partial charge on any atom is 0.154 e. The van der Waals surface area contributed by atoms with Crippen LogP contribution in [0.5, 0.6) is 0 Å². The average molecular weight is 349 g/mol. The van der Waals surface area contributed by atoms with E-state index in [4.69, 9.17) is 10.1 Å². The first-order valence-corrected chi connectivity index (χ1v) is 9.35. The van der Waals surface area contributed by atoms with Crippen molar-refractivity contribution < 1.29 is 0 Å². The Bertz CT molecular complexity index is 952. The van der Waals surface area contributed by atoms with E-state index in [1.165, 1.54) is 12.8 Å². The highest BCUT2D eigenvalue weighted by atomic mass is 15.4. The standard InChI is InChI=1S/C19H23N7/c1-13-14(2)26-17(21-13)5-6-18(23-26)25-11-9-24(10-12-25)16-7-8-20-19(22-16)15-3-4-15/h5-8,15H,3-4,9-12H2,1-2H3. The third-order valence-corrected chi connectivity index (χ3v) is 5.45. The van der Waals surface area contributed by atoms with Gasteiger partial charge in [0.1, 0.15) is 17.5 Å². The quantitative estimate of drug-likeness (QED) is 0.723. The molecule has 1 aliphatic heterocycles. The summed E-state index contributed by atoms with van der Waals surface area (Å²) in [6.45, 7) is 7.87. The molecule has 7 nitrogen and oxygen atoms in total. The number of aryl methyl sites for hydroxylation is 2. The van der Waals surface area contributed by atoms with E-state index in [2.05, 4.69) is 38.8 Å². The number of imidazole rings is 1. The number of fused-ring (bicyclic) bond motifs is 1. The minimum Gasteiger partial charge on any atom is -0.353 e. The summed E-state index contributed by atoms with van der Waals surface area (Å²) in [7, 11) is 0. The van der Waals surface area contributed by atoms with Crippen LogP contribution in [0, 0.1) is 13.8 Å². The molecule has 4 heterocycles. The zero-order valence-corrected chi connectivity index (χ0v) is 15.3. The lowest BCUT2D eigenvalue weighted by Crippen LogP contribution is -2.47. The molecule has 0 bridgehead atoms. The van der Waals surface area contributed by atoms with Crippen LogP contribution in [-0.4, -0.2) is 50.7 Å². The molecule has 5 rings (SSSR count). The van der Waals surface area contributed by atoms with Crippen LogP contribution in [0.25, 0.3) is 5.65 Å². The molecule has 134 valence electrons. The topological polar surface area (TPSA) is 62.5 Å².